The minimum absolute atomic E-state index is 0.508. The average molecular weight is 180 g/mol. The van der Waals surface area contributed by atoms with Crippen LogP contribution in [-0.2, 0) is 11.3 Å². The van der Waals surface area contributed by atoms with Crippen LogP contribution >= 0.6 is 0 Å². The molecule has 1 nitrogen and oxygen atoms in total. The van der Waals surface area contributed by atoms with E-state index >= 15 is 0 Å². The molecule has 0 amide bonds. The van der Waals surface area contributed by atoms with Crippen molar-refractivity contribution in [3.8, 4) is 0 Å². The SMILES string of the molecule is Cc1cc(C)c(C=S=O)cc1C. The molecule has 0 aromatic heterocycles. The van der Waals surface area contributed by atoms with Crippen LogP contribution in [0, 0.1) is 20.8 Å². The van der Waals surface area contributed by atoms with Crippen molar-refractivity contribution in [3.05, 3.63) is 34.4 Å². The number of hydrogen-bond donors (Lipinski definition) is 0. The van der Waals surface area contributed by atoms with Crippen LogP contribution in [0.15, 0.2) is 12.1 Å². The zero-order valence-electron chi connectivity index (χ0n) is 7.55. The molecule has 0 spiro atoms. The predicted octanol–water partition coefficient (Wildman–Crippen LogP) is 1.98. The van der Waals surface area contributed by atoms with E-state index in [9.17, 15) is 4.21 Å². The summed E-state index contributed by atoms with van der Waals surface area (Å²) < 4.78 is 10.3. The third kappa shape index (κ3) is 1.83. The molecule has 0 aliphatic rings. The van der Waals surface area contributed by atoms with Crippen molar-refractivity contribution >= 4 is 16.6 Å². The number of aryl methyl sites for hydroxylation is 3. The molecule has 64 valence electrons. The van der Waals surface area contributed by atoms with E-state index in [2.05, 4.69) is 26.0 Å². The van der Waals surface area contributed by atoms with Gasteiger partial charge in [0, 0.05) is 5.37 Å². The lowest BCUT2D eigenvalue weighted by Crippen LogP contribution is -1.90. The molecule has 0 bridgehead atoms. The van der Waals surface area contributed by atoms with E-state index in [4.69, 9.17) is 0 Å². The molecule has 0 N–H and O–H groups in total. The lowest BCUT2D eigenvalue weighted by atomic mass is 10.0. The summed E-state index contributed by atoms with van der Waals surface area (Å²) in [6.45, 7) is 6.16. The Bertz CT molecular complexity index is 349. The number of benzene rings is 1. The molecule has 12 heavy (non-hydrogen) atoms. The highest BCUT2D eigenvalue weighted by Crippen LogP contribution is 2.12. The van der Waals surface area contributed by atoms with Crippen molar-refractivity contribution in [1.82, 2.24) is 0 Å². The van der Waals surface area contributed by atoms with Crippen LogP contribution in [0.1, 0.15) is 22.3 Å². The third-order valence-electron chi connectivity index (χ3n) is 2.06. The lowest BCUT2D eigenvalue weighted by molar-refractivity contribution is 0.701. The minimum Gasteiger partial charge on any atom is -0.212 e. The number of hydrogen-bond acceptors (Lipinski definition) is 1. The van der Waals surface area contributed by atoms with Gasteiger partial charge in [-0.15, -0.1) is 0 Å². The van der Waals surface area contributed by atoms with E-state index in [0.717, 1.165) is 5.56 Å². The van der Waals surface area contributed by atoms with Gasteiger partial charge < -0.3 is 0 Å². The molecule has 0 radical (unpaired) electrons. The second-order valence-corrected chi connectivity index (χ2v) is 3.44. The second-order valence-electron chi connectivity index (χ2n) is 3.01. The van der Waals surface area contributed by atoms with E-state index in [1.807, 2.05) is 6.92 Å². The highest BCUT2D eigenvalue weighted by Gasteiger charge is 1.98. The Balaban J connectivity index is 3.32. The van der Waals surface area contributed by atoms with E-state index in [0.29, 0.717) is 11.3 Å². The third-order valence-corrected chi connectivity index (χ3v) is 2.41. The van der Waals surface area contributed by atoms with Crippen molar-refractivity contribution < 1.29 is 4.21 Å². The largest absolute Gasteiger partial charge is 0.212 e. The quantitative estimate of drug-likeness (QED) is 0.604. The molecule has 0 saturated carbocycles. The van der Waals surface area contributed by atoms with Gasteiger partial charge in [0.05, 0.1) is 11.3 Å². The summed E-state index contributed by atoms with van der Waals surface area (Å²) in [5.41, 5.74) is 4.72. The fourth-order valence-electron chi connectivity index (χ4n) is 1.16. The van der Waals surface area contributed by atoms with Crippen LogP contribution in [-0.4, -0.2) is 9.58 Å². The van der Waals surface area contributed by atoms with Gasteiger partial charge in [0.15, 0.2) is 0 Å². The van der Waals surface area contributed by atoms with Crippen LogP contribution in [0.4, 0.5) is 0 Å². The van der Waals surface area contributed by atoms with Gasteiger partial charge in [-0.3, -0.25) is 0 Å². The first-order valence-electron chi connectivity index (χ1n) is 3.85. The predicted molar refractivity (Wildman–Crippen MR) is 54.0 cm³/mol. The first-order chi connectivity index (χ1) is 5.65. The van der Waals surface area contributed by atoms with Gasteiger partial charge in [0.1, 0.15) is 0 Å². The summed E-state index contributed by atoms with van der Waals surface area (Å²) in [4.78, 5) is 0. The van der Waals surface area contributed by atoms with Gasteiger partial charge in [0.25, 0.3) is 0 Å². The fraction of sp³-hybridized carbons (Fsp3) is 0.300. The molecule has 1 aromatic rings. The van der Waals surface area contributed by atoms with E-state index in [1.54, 1.807) is 5.37 Å². The second kappa shape index (κ2) is 3.68. The van der Waals surface area contributed by atoms with Crippen molar-refractivity contribution in [2.45, 2.75) is 20.8 Å². The van der Waals surface area contributed by atoms with Crippen LogP contribution in [0.5, 0.6) is 0 Å². The molecule has 0 aliphatic heterocycles. The van der Waals surface area contributed by atoms with Crippen LogP contribution in [0.2, 0.25) is 0 Å². The van der Waals surface area contributed by atoms with Crippen molar-refractivity contribution in [1.29, 1.82) is 0 Å². The van der Waals surface area contributed by atoms with E-state index in [1.165, 1.54) is 16.7 Å². The van der Waals surface area contributed by atoms with Gasteiger partial charge in [-0.2, -0.15) is 0 Å². The smallest absolute Gasteiger partial charge is 0.0891 e. The Hall–Kier alpha value is -0.890. The maximum Gasteiger partial charge on any atom is 0.0891 e. The van der Waals surface area contributed by atoms with Crippen LogP contribution in [0.3, 0.4) is 0 Å². The molecule has 0 atom stereocenters. The number of rotatable bonds is 1. The average Bonchev–Trinajstić information content (AvgIpc) is 2.01. The zero-order valence-corrected chi connectivity index (χ0v) is 8.37. The summed E-state index contributed by atoms with van der Waals surface area (Å²) in [5.74, 6) is 0. The molecule has 0 saturated heterocycles. The van der Waals surface area contributed by atoms with Gasteiger partial charge in [-0.25, -0.2) is 4.21 Å². The van der Waals surface area contributed by atoms with Crippen LogP contribution in [0.25, 0.3) is 0 Å². The maximum atomic E-state index is 10.3. The normalized spacial score (nSPS) is 9.58. The molecule has 0 unspecified atom stereocenters. The summed E-state index contributed by atoms with van der Waals surface area (Å²) in [5, 5.41) is 1.64. The molecule has 1 aromatic carbocycles. The fourth-order valence-corrected chi connectivity index (χ4v) is 1.52. The van der Waals surface area contributed by atoms with Gasteiger partial charge in [0.2, 0.25) is 0 Å². The van der Waals surface area contributed by atoms with Gasteiger partial charge in [-0.1, -0.05) is 12.1 Å². The van der Waals surface area contributed by atoms with Crippen molar-refractivity contribution in [3.63, 3.8) is 0 Å². The highest BCUT2D eigenvalue weighted by atomic mass is 32.1. The topological polar surface area (TPSA) is 17.1 Å². The Labute approximate surface area is 76.5 Å². The molecule has 2 heteroatoms. The molecular weight excluding hydrogens is 168 g/mol. The van der Waals surface area contributed by atoms with Gasteiger partial charge >= 0.3 is 0 Å². The van der Waals surface area contributed by atoms with Crippen LogP contribution < -0.4 is 0 Å². The first kappa shape index (κ1) is 9.20. The lowest BCUT2D eigenvalue weighted by Gasteiger charge is -2.04. The Morgan fingerprint density at radius 1 is 1.08 bits per heavy atom. The minimum atomic E-state index is 0.508. The Kier molecular flexibility index (Phi) is 2.82. The summed E-state index contributed by atoms with van der Waals surface area (Å²) >= 11 is 0.508. The van der Waals surface area contributed by atoms with Crippen molar-refractivity contribution in [2.75, 3.05) is 0 Å². The first-order valence-corrected chi connectivity index (χ1v) is 4.65. The Morgan fingerprint density at radius 3 is 2.25 bits per heavy atom. The standard InChI is InChI=1S/C10H12OS/c1-7-4-9(3)10(6-12-11)5-8(7)2/h4-6H,1-3H3. The Morgan fingerprint density at radius 2 is 1.67 bits per heavy atom. The zero-order chi connectivity index (χ0) is 9.14. The molecule has 0 fully saturated rings. The monoisotopic (exact) mass is 180 g/mol. The summed E-state index contributed by atoms with van der Waals surface area (Å²) in [6.07, 6.45) is 0. The highest BCUT2D eigenvalue weighted by molar-refractivity contribution is 7.65. The van der Waals surface area contributed by atoms with Crippen molar-refractivity contribution in [2.24, 2.45) is 0 Å². The van der Waals surface area contributed by atoms with E-state index in [-0.39, 0.29) is 0 Å². The molecule has 0 aliphatic carbocycles. The molecule has 0 heterocycles. The summed E-state index contributed by atoms with van der Waals surface area (Å²) in [7, 11) is 0. The molecular formula is C10H12OS. The summed E-state index contributed by atoms with van der Waals surface area (Å²) in [6, 6.07) is 4.16. The van der Waals surface area contributed by atoms with Gasteiger partial charge in [-0.05, 0) is 43.0 Å². The maximum absolute atomic E-state index is 10.3. The molecule has 1 rings (SSSR count). The van der Waals surface area contributed by atoms with E-state index < -0.39 is 0 Å².